The first-order chi connectivity index (χ1) is 3.80. The van der Waals surface area contributed by atoms with Crippen molar-refractivity contribution in [3.63, 3.8) is 0 Å². The van der Waals surface area contributed by atoms with Gasteiger partial charge in [0.25, 0.3) is 0 Å². The Balaban J connectivity index is 2.35. The van der Waals surface area contributed by atoms with Crippen LogP contribution >= 0.6 is 12.0 Å². The molecule has 0 bridgehead atoms. The molecule has 1 amide bonds. The van der Waals surface area contributed by atoms with Gasteiger partial charge in [-0.1, -0.05) is 0 Å². The molecule has 1 N–H and O–H groups in total. The Morgan fingerprint density at radius 2 is 2.62 bits per heavy atom. The van der Waals surface area contributed by atoms with E-state index in [1.54, 1.807) is 0 Å². The van der Waals surface area contributed by atoms with E-state index in [2.05, 4.69) is 4.28 Å². The first-order valence-electron chi connectivity index (χ1n) is 2.11. The molecule has 1 aliphatic heterocycles. The molecule has 0 aromatic carbocycles. The normalized spacial score (nSPS) is 19.2. The predicted molar refractivity (Wildman–Crippen MR) is 28.3 cm³/mol. The van der Waals surface area contributed by atoms with E-state index in [0.717, 1.165) is 22.9 Å². The summed E-state index contributed by atoms with van der Waals surface area (Å²) >= 11 is 1.16. The number of carboxylic acid groups (broad SMARTS) is 1. The van der Waals surface area contributed by atoms with Gasteiger partial charge in [0.2, 0.25) is 0 Å². The zero-order valence-corrected chi connectivity index (χ0v) is 4.85. The molecule has 0 atom stereocenters. The molecule has 0 aromatic heterocycles. The summed E-state index contributed by atoms with van der Waals surface area (Å²) in [6.45, 7) is 0.472. The average molecular weight is 135 g/mol. The SMILES string of the molecule is O=C(O)N1CCSO1. The zero-order valence-electron chi connectivity index (χ0n) is 4.03. The second-order valence-electron chi connectivity index (χ2n) is 1.28. The highest BCUT2D eigenvalue weighted by Gasteiger charge is 2.18. The van der Waals surface area contributed by atoms with Gasteiger partial charge in [-0.05, 0) is 0 Å². The molecule has 0 aromatic rings. The van der Waals surface area contributed by atoms with Crippen molar-refractivity contribution < 1.29 is 14.2 Å². The largest absolute Gasteiger partial charge is 0.463 e. The molecule has 0 saturated carbocycles. The second-order valence-corrected chi connectivity index (χ2v) is 2.07. The third kappa shape index (κ3) is 1.05. The fourth-order valence-corrected chi connectivity index (χ4v) is 0.966. The van der Waals surface area contributed by atoms with Crippen molar-refractivity contribution in [2.45, 2.75) is 0 Å². The van der Waals surface area contributed by atoms with Gasteiger partial charge in [-0.25, -0.2) is 4.79 Å². The Bertz CT molecular complexity index is 101. The first kappa shape index (κ1) is 5.71. The predicted octanol–water partition coefficient (Wildman–Crippen LogP) is 0.560. The summed E-state index contributed by atoms with van der Waals surface area (Å²) in [7, 11) is 0. The molecule has 0 aliphatic carbocycles. The Kier molecular flexibility index (Phi) is 1.59. The van der Waals surface area contributed by atoms with Crippen LogP contribution in [-0.2, 0) is 4.28 Å². The van der Waals surface area contributed by atoms with Crippen molar-refractivity contribution in [1.29, 1.82) is 0 Å². The molecule has 1 saturated heterocycles. The molecule has 1 aliphatic rings. The molecule has 0 spiro atoms. The van der Waals surface area contributed by atoms with E-state index < -0.39 is 6.09 Å². The Morgan fingerprint density at radius 1 is 1.88 bits per heavy atom. The van der Waals surface area contributed by atoms with Crippen LogP contribution in [0.15, 0.2) is 0 Å². The highest BCUT2D eigenvalue weighted by molar-refractivity contribution is 7.94. The highest BCUT2D eigenvalue weighted by Crippen LogP contribution is 2.14. The Morgan fingerprint density at radius 3 is 2.88 bits per heavy atom. The smallest absolute Gasteiger partial charge is 0.432 e. The first-order valence-corrected chi connectivity index (χ1v) is 3.02. The van der Waals surface area contributed by atoms with E-state index in [-0.39, 0.29) is 0 Å². The van der Waals surface area contributed by atoms with Crippen LogP contribution in [0.1, 0.15) is 0 Å². The number of rotatable bonds is 0. The highest BCUT2D eigenvalue weighted by atomic mass is 32.2. The van der Waals surface area contributed by atoms with Gasteiger partial charge >= 0.3 is 6.09 Å². The molecule has 1 fully saturated rings. The number of nitrogens with zero attached hydrogens (tertiary/aromatic N) is 1. The van der Waals surface area contributed by atoms with Crippen molar-refractivity contribution in [3.05, 3.63) is 0 Å². The molecule has 5 heteroatoms. The maximum atomic E-state index is 9.99. The average Bonchev–Trinajstić information content (AvgIpc) is 2.12. The third-order valence-electron chi connectivity index (χ3n) is 0.734. The quantitative estimate of drug-likeness (QED) is 0.493. The van der Waals surface area contributed by atoms with Gasteiger partial charge in [-0.15, -0.1) is 0 Å². The minimum atomic E-state index is -1.02. The summed E-state index contributed by atoms with van der Waals surface area (Å²) < 4.78 is 4.56. The molecule has 4 nitrogen and oxygen atoms in total. The topological polar surface area (TPSA) is 49.8 Å². The van der Waals surface area contributed by atoms with E-state index in [4.69, 9.17) is 5.11 Å². The van der Waals surface area contributed by atoms with E-state index in [9.17, 15) is 4.79 Å². The van der Waals surface area contributed by atoms with Crippen molar-refractivity contribution in [2.24, 2.45) is 0 Å². The van der Waals surface area contributed by atoms with Gasteiger partial charge in [0, 0.05) is 17.8 Å². The van der Waals surface area contributed by atoms with Crippen molar-refractivity contribution >= 4 is 18.1 Å². The van der Waals surface area contributed by atoms with Crippen LogP contribution in [0.3, 0.4) is 0 Å². The van der Waals surface area contributed by atoms with Crippen LogP contribution < -0.4 is 0 Å². The summed E-state index contributed by atoms with van der Waals surface area (Å²) in [5.74, 6) is 0.728. The number of hydroxylamine groups is 2. The molecular formula is C3H5NO3S. The molecular weight excluding hydrogens is 130 g/mol. The van der Waals surface area contributed by atoms with Crippen molar-refractivity contribution in [2.75, 3.05) is 12.3 Å². The number of hydrogen-bond acceptors (Lipinski definition) is 3. The molecule has 46 valence electrons. The van der Waals surface area contributed by atoms with Crippen molar-refractivity contribution in [1.82, 2.24) is 5.06 Å². The summed E-state index contributed by atoms with van der Waals surface area (Å²) in [6.07, 6.45) is -1.02. The zero-order chi connectivity index (χ0) is 5.98. The standard InChI is InChI=1S/C3H5NO3S/c5-3(6)4-1-2-8-7-4/h1-2H2,(H,5,6). The van der Waals surface area contributed by atoms with Gasteiger partial charge in [0.1, 0.15) is 0 Å². The number of carbonyl (C=O) groups is 1. The van der Waals surface area contributed by atoms with E-state index in [1.807, 2.05) is 0 Å². The summed E-state index contributed by atoms with van der Waals surface area (Å²) in [6, 6.07) is 0. The summed E-state index contributed by atoms with van der Waals surface area (Å²) in [5.41, 5.74) is 0. The molecule has 8 heavy (non-hydrogen) atoms. The number of amides is 1. The van der Waals surface area contributed by atoms with Crippen LogP contribution in [0, 0.1) is 0 Å². The summed E-state index contributed by atoms with van der Waals surface area (Å²) in [5, 5.41) is 9.11. The Labute approximate surface area is 50.6 Å². The fraction of sp³-hybridized carbons (Fsp3) is 0.667. The van der Waals surface area contributed by atoms with Gasteiger partial charge in [-0.2, -0.15) is 9.35 Å². The molecule has 0 unspecified atom stereocenters. The van der Waals surface area contributed by atoms with Crippen molar-refractivity contribution in [3.8, 4) is 0 Å². The van der Waals surface area contributed by atoms with Crippen LogP contribution in [-0.4, -0.2) is 28.6 Å². The minimum absolute atomic E-state index is 0.472. The monoisotopic (exact) mass is 135 g/mol. The fourth-order valence-electron chi connectivity index (χ4n) is 0.386. The molecule has 1 heterocycles. The van der Waals surface area contributed by atoms with Crippen LogP contribution in [0.5, 0.6) is 0 Å². The lowest BCUT2D eigenvalue weighted by atomic mass is 10.7. The van der Waals surface area contributed by atoms with E-state index in [1.165, 1.54) is 0 Å². The van der Waals surface area contributed by atoms with Crippen LogP contribution in [0.25, 0.3) is 0 Å². The maximum absolute atomic E-state index is 9.99. The molecule has 1 rings (SSSR count). The van der Waals surface area contributed by atoms with Crippen LogP contribution in [0.2, 0.25) is 0 Å². The van der Waals surface area contributed by atoms with Crippen LogP contribution in [0.4, 0.5) is 4.79 Å². The lowest BCUT2D eigenvalue weighted by Gasteiger charge is -2.04. The third-order valence-corrected chi connectivity index (χ3v) is 1.37. The van der Waals surface area contributed by atoms with Gasteiger partial charge in [0.15, 0.2) is 0 Å². The van der Waals surface area contributed by atoms with E-state index >= 15 is 0 Å². The van der Waals surface area contributed by atoms with Gasteiger partial charge in [0.05, 0.1) is 6.54 Å². The number of hydrogen-bond donors (Lipinski definition) is 1. The lowest BCUT2D eigenvalue weighted by Crippen LogP contribution is -2.23. The minimum Gasteiger partial charge on any atom is -0.463 e. The maximum Gasteiger partial charge on any atom is 0.432 e. The Hall–Kier alpha value is -0.420. The van der Waals surface area contributed by atoms with Gasteiger partial charge < -0.3 is 5.11 Å². The summed E-state index contributed by atoms with van der Waals surface area (Å²) in [4.78, 5) is 9.99. The van der Waals surface area contributed by atoms with E-state index in [0.29, 0.717) is 6.54 Å². The van der Waals surface area contributed by atoms with Gasteiger partial charge in [-0.3, -0.25) is 0 Å². The second kappa shape index (κ2) is 2.23. The lowest BCUT2D eigenvalue weighted by molar-refractivity contribution is 0.00235. The molecule has 0 radical (unpaired) electrons.